The van der Waals surface area contributed by atoms with Crippen LogP contribution in [-0.4, -0.2) is 6.04 Å². The third kappa shape index (κ3) is 3.97. The topological polar surface area (TPSA) is 26.0 Å². The van der Waals surface area contributed by atoms with Gasteiger partial charge in [-0.2, -0.15) is 0 Å². The first-order valence-electron chi connectivity index (χ1n) is 6.45. The van der Waals surface area contributed by atoms with Crippen LogP contribution < -0.4 is 5.73 Å². The maximum atomic E-state index is 6.02. The van der Waals surface area contributed by atoms with Crippen LogP contribution in [0.5, 0.6) is 0 Å². The normalized spacial score (nSPS) is 12.8. The molecule has 0 amide bonds. The van der Waals surface area contributed by atoms with E-state index in [-0.39, 0.29) is 0 Å². The highest BCUT2D eigenvalue weighted by atomic mass is 14.6. The minimum atomic E-state index is 0.398. The van der Waals surface area contributed by atoms with Gasteiger partial charge in [0.1, 0.15) is 0 Å². The van der Waals surface area contributed by atoms with E-state index < -0.39 is 0 Å². The highest BCUT2D eigenvalue weighted by Crippen LogP contribution is 2.15. The van der Waals surface area contributed by atoms with Crippen LogP contribution in [0.15, 0.2) is 18.2 Å². The monoisotopic (exact) mass is 219 g/mol. The zero-order chi connectivity index (χ0) is 12.0. The van der Waals surface area contributed by atoms with Crippen molar-refractivity contribution in [3.63, 3.8) is 0 Å². The highest BCUT2D eigenvalue weighted by molar-refractivity contribution is 5.33. The van der Waals surface area contributed by atoms with Crippen LogP contribution in [0.3, 0.4) is 0 Å². The lowest BCUT2D eigenvalue weighted by Gasteiger charge is -2.11. The third-order valence-corrected chi connectivity index (χ3v) is 3.40. The maximum absolute atomic E-state index is 6.02. The van der Waals surface area contributed by atoms with Gasteiger partial charge in [-0.15, -0.1) is 0 Å². The molecule has 1 aromatic rings. The Balaban J connectivity index is 2.40. The molecule has 90 valence electrons. The zero-order valence-corrected chi connectivity index (χ0v) is 10.9. The summed E-state index contributed by atoms with van der Waals surface area (Å²) in [6.45, 7) is 6.60. The molecule has 1 heteroatoms. The molecule has 0 bridgehead atoms. The highest BCUT2D eigenvalue weighted by Gasteiger charge is 2.03. The van der Waals surface area contributed by atoms with Crippen LogP contribution in [0.4, 0.5) is 0 Å². The summed E-state index contributed by atoms with van der Waals surface area (Å²) in [4.78, 5) is 0. The van der Waals surface area contributed by atoms with E-state index in [1.54, 1.807) is 0 Å². The van der Waals surface area contributed by atoms with Gasteiger partial charge in [0.15, 0.2) is 0 Å². The van der Waals surface area contributed by atoms with E-state index in [1.165, 1.54) is 36.0 Å². The minimum absolute atomic E-state index is 0.398. The second kappa shape index (κ2) is 6.70. The molecule has 0 fully saturated rings. The molecule has 16 heavy (non-hydrogen) atoms. The predicted octanol–water partition coefficient (Wildman–Crippen LogP) is 3.75. The number of hydrogen-bond donors (Lipinski definition) is 1. The molecule has 0 saturated carbocycles. The summed E-state index contributed by atoms with van der Waals surface area (Å²) < 4.78 is 0. The van der Waals surface area contributed by atoms with Crippen molar-refractivity contribution in [3.8, 4) is 0 Å². The number of aryl methyl sites for hydroxylation is 2. The maximum Gasteiger partial charge on any atom is 0.00388 e. The van der Waals surface area contributed by atoms with E-state index in [0.29, 0.717) is 6.04 Å². The Kier molecular flexibility index (Phi) is 5.54. The molecular weight excluding hydrogens is 194 g/mol. The summed E-state index contributed by atoms with van der Waals surface area (Å²) >= 11 is 0. The lowest BCUT2D eigenvalue weighted by atomic mass is 9.97. The number of nitrogens with two attached hydrogens (primary N) is 1. The summed E-state index contributed by atoms with van der Waals surface area (Å²) in [5.41, 5.74) is 10.4. The molecule has 1 nitrogen and oxygen atoms in total. The average molecular weight is 219 g/mol. The standard InChI is InChI=1S/C15H25N/c1-4-7-15(16)11-6-10-14-9-5-8-12(2)13(14)3/h5,8-9,15H,4,6-7,10-11,16H2,1-3H3. The molecule has 2 N–H and O–H groups in total. The minimum Gasteiger partial charge on any atom is -0.328 e. The SMILES string of the molecule is CCCC(N)CCCc1cccc(C)c1C. The molecule has 0 saturated heterocycles. The quantitative estimate of drug-likeness (QED) is 0.774. The predicted molar refractivity (Wildman–Crippen MR) is 71.7 cm³/mol. The van der Waals surface area contributed by atoms with Gasteiger partial charge in [0, 0.05) is 6.04 Å². The summed E-state index contributed by atoms with van der Waals surface area (Å²) in [7, 11) is 0. The van der Waals surface area contributed by atoms with Gasteiger partial charge in [0.25, 0.3) is 0 Å². The molecule has 0 aliphatic rings. The van der Waals surface area contributed by atoms with Gasteiger partial charge in [-0.05, 0) is 56.2 Å². The fourth-order valence-corrected chi connectivity index (χ4v) is 2.15. The third-order valence-electron chi connectivity index (χ3n) is 3.40. The van der Waals surface area contributed by atoms with Crippen molar-refractivity contribution in [1.82, 2.24) is 0 Å². The van der Waals surface area contributed by atoms with Gasteiger partial charge in [0.05, 0.1) is 0 Å². The summed E-state index contributed by atoms with van der Waals surface area (Å²) in [5, 5.41) is 0. The lowest BCUT2D eigenvalue weighted by Crippen LogP contribution is -2.19. The Morgan fingerprint density at radius 1 is 1.19 bits per heavy atom. The second-order valence-corrected chi connectivity index (χ2v) is 4.80. The Labute approximate surface area is 100 Å². The summed E-state index contributed by atoms with van der Waals surface area (Å²) in [6.07, 6.45) is 5.90. The molecule has 1 aromatic carbocycles. The van der Waals surface area contributed by atoms with Gasteiger partial charge in [-0.25, -0.2) is 0 Å². The summed E-state index contributed by atoms with van der Waals surface area (Å²) in [5.74, 6) is 0. The first-order chi connectivity index (χ1) is 7.65. The van der Waals surface area contributed by atoms with E-state index in [9.17, 15) is 0 Å². The van der Waals surface area contributed by atoms with Gasteiger partial charge in [-0.3, -0.25) is 0 Å². The molecular formula is C15H25N. The van der Waals surface area contributed by atoms with Gasteiger partial charge in [-0.1, -0.05) is 31.5 Å². The number of hydrogen-bond acceptors (Lipinski definition) is 1. The average Bonchev–Trinajstić information content (AvgIpc) is 2.25. The van der Waals surface area contributed by atoms with E-state index in [4.69, 9.17) is 5.73 Å². The number of benzene rings is 1. The van der Waals surface area contributed by atoms with Crippen molar-refractivity contribution in [1.29, 1.82) is 0 Å². The molecule has 1 atom stereocenters. The molecule has 0 heterocycles. The van der Waals surface area contributed by atoms with Crippen LogP contribution in [0.25, 0.3) is 0 Å². The first kappa shape index (κ1) is 13.2. The van der Waals surface area contributed by atoms with Gasteiger partial charge >= 0.3 is 0 Å². The van der Waals surface area contributed by atoms with Crippen LogP contribution >= 0.6 is 0 Å². The molecule has 0 aliphatic heterocycles. The lowest BCUT2D eigenvalue weighted by molar-refractivity contribution is 0.539. The van der Waals surface area contributed by atoms with Crippen molar-refractivity contribution >= 4 is 0 Å². The first-order valence-corrected chi connectivity index (χ1v) is 6.45. The van der Waals surface area contributed by atoms with Crippen molar-refractivity contribution < 1.29 is 0 Å². The fourth-order valence-electron chi connectivity index (χ4n) is 2.15. The molecule has 1 unspecified atom stereocenters. The molecule has 0 aliphatic carbocycles. The Morgan fingerprint density at radius 3 is 2.62 bits per heavy atom. The van der Waals surface area contributed by atoms with Crippen molar-refractivity contribution in [2.75, 3.05) is 0 Å². The smallest absolute Gasteiger partial charge is 0.00388 e. The van der Waals surface area contributed by atoms with Crippen molar-refractivity contribution in [3.05, 3.63) is 34.9 Å². The Bertz CT molecular complexity index is 317. The Morgan fingerprint density at radius 2 is 1.94 bits per heavy atom. The Hall–Kier alpha value is -0.820. The van der Waals surface area contributed by atoms with Crippen molar-refractivity contribution in [2.24, 2.45) is 5.73 Å². The van der Waals surface area contributed by atoms with E-state index in [2.05, 4.69) is 39.0 Å². The van der Waals surface area contributed by atoms with Crippen LogP contribution in [0.2, 0.25) is 0 Å². The van der Waals surface area contributed by atoms with Crippen LogP contribution in [-0.2, 0) is 6.42 Å². The fraction of sp³-hybridized carbons (Fsp3) is 0.600. The van der Waals surface area contributed by atoms with E-state index >= 15 is 0 Å². The van der Waals surface area contributed by atoms with Gasteiger partial charge < -0.3 is 5.73 Å². The van der Waals surface area contributed by atoms with E-state index in [1.807, 2.05) is 0 Å². The van der Waals surface area contributed by atoms with E-state index in [0.717, 1.165) is 12.8 Å². The largest absolute Gasteiger partial charge is 0.328 e. The van der Waals surface area contributed by atoms with Gasteiger partial charge in [0.2, 0.25) is 0 Å². The van der Waals surface area contributed by atoms with Crippen molar-refractivity contribution in [2.45, 2.75) is 58.9 Å². The molecule has 0 spiro atoms. The molecule has 1 rings (SSSR count). The molecule has 0 aromatic heterocycles. The van der Waals surface area contributed by atoms with Crippen LogP contribution in [0, 0.1) is 13.8 Å². The molecule has 0 radical (unpaired) electrons. The summed E-state index contributed by atoms with van der Waals surface area (Å²) in [6, 6.07) is 6.98. The second-order valence-electron chi connectivity index (χ2n) is 4.80. The number of rotatable bonds is 6. The van der Waals surface area contributed by atoms with Crippen LogP contribution in [0.1, 0.15) is 49.3 Å². The zero-order valence-electron chi connectivity index (χ0n) is 10.9.